The molecule has 0 saturated heterocycles. The summed E-state index contributed by atoms with van der Waals surface area (Å²) in [5.41, 5.74) is 0.171. The lowest BCUT2D eigenvalue weighted by atomic mass is 10.2. The minimum absolute atomic E-state index is 0.154. The van der Waals surface area contributed by atoms with Gasteiger partial charge in [-0.15, -0.1) is 23.5 Å². The molecule has 22 heavy (non-hydrogen) atoms. The summed E-state index contributed by atoms with van der Waals surface area (Å²) in [7, 11) is 0. The number of rotatable bonds is 5. The highest BCUT2D eigenvalue weighted by atomic mass is 32.2. The number of carbonyl (C=O) groups excluding carboxylic acids is 1. The van der Waals surface area contributed by atoms with Crippen molar-refractivity contribution in [3.8, 4) is 0 Å². The molecule has 0 aromatic heterocycles. The maximum absolute atomic E-state index is 12.9. The van der Waals surface area contributed by atoms with Gasteiger partial charge in [-0.25, -0.2) is 8.78 Å². The SMILES string of the molecule is CCSc1cccc(F)c1.CCSc1cccc(F)c1C=O. The van der Waals surface area contributed by atoms with Crippen molar-refractivity contribution in [2.24, 2.45) is 0 Å². The van der Waals surface area contributed by atoms with Crippen molar-refractivity contribution in [2.45, 2.75) is 23.6 Å². The van der Waals surface area contributed by atoms with E-state index in [-0.39, 0.29) is 11.4 Å². The fourth-order valence-corrected chi connectivity index (χ4v) is 3.13. The van der Waals surface area contributed by atoms with E-state index in [0.29, 0.717) is 11.2 Å². The summed E-state index contributed by atoms with van der Waals surface area (Å²) in [4.78, 5) is 12.2. The smallest absolute Gasteiger partial charge is 0.154 e. The van der Waals surface area contributed by atoms with Crippen LogP contribution in [0, 0.1) is 11.6 Å². The molecule has 5 heteroatoms. The minimum atomic E-state index is -0.441. The number of benzene rings is 2. The molecule has 0 aliphatic heterocycles. The Morgan fingerprint density at radius 2 is 1.68 bits per heavy atom. The number of halogens is 2. The molecule has 2 rings (SSSR count). The van der Waals surface area contributed by atoms with Gasteiger partial charge in [0, 0.05) is 9.79 Å². The van der Waals surface area contributed by atoms with Crippen LogP contribution in [0.3, 0.4) is 0 Å². The zero-order valence-corrected chi connectivity index (χ0v) is 14.1. The number of aldehydes is 1. The fourth-order valence-electron chi connectivity index (χ4n) is 1.64. The first-order valence-electron chi connectivity index (χ1n) is 6.87. The molecule has 0 bridgehead atoms. The quantitative estimate of drug-likeness (QED) is 0.514. The Morgan fingerprint density at radius 1 is 1.00 bits per heavy atom. The van der Waals surface area contributed by atoms with Crippen molar-refractivity contribution in [1.29, 1.82) is 0 Å². The lowest BCUT2D eigenvalue weighted by Crippen LogP contribution is -1.90. The van der Waals surface area contributed by atoms with Gasteiger partial charge in [0.2, 0.25) is 0 Å². The zero-order valence-electron chi connectivity index (χ0n) is 12.5. The normalized spacial score (nSPS) is 9.82. The van der Waals surface area contributed by atoms with Crippen molar-refractivity contribution in [1.82, 2.24) is 0 Å². The standard InChI is InChI=1S/C9H9FOS.C8H9FS/c1-2-12-9-5-3-4-8(10)7(9)6-11;1-2-10-8-5-3-4-7(9)6-8/h3-6H,2H2,1H3;3-6H,2H2,1H3. The van der Waals surface area contributed by atoms with Crippen LogP contribution in [0.1, 0.15) is 24.2 Å². The highest BCUT2D eigenvalue weighted by molar-refractivity contribution is 7.99. The Bertz CT molecular complexity index is 603. The second kappa shape index (κ2) is 10.4. The molecule has 0 saturated carbocycles. The zero-order chi connectivity index (χ0) is 16.4. The fraction of sp³-hybridized carbons (Fsp3) is 0.235. The van der Waals surface area contributed by atoms with Gasteiger partial charge >= 0.3 is 0 Å². The predicted octanol–water partition coefficient (Wildman–Crippen LogP) is 5.69. The second-order valence-corrected chi connectivity index (χ2v) is 6.74. The summed E-state index contributed by atoms with van der Waals surface area (Å²) in [5, 5.41) is 0. The Labute approximate surface area is 138 Å². The van der Waals surface area contributed by atoms with Crippen molar-refractivity contribution >= 4 is 29.8 Å². The Hall–Kier alpha value is -1.33. The molecule has 0 unspecified atom stereocenters. The summed E-state index contributed by atoms with van der Waals surface area (Å²) in [6.07, 6.45) is 0.563. The van der Waals surface area contributed by atoms with Crippen molar-refractivity contribution in [3.63, 3.8) is 0 Å². The van der Waals surface area contributed by atoms with Gasteiger partial charge in [0.05, 0.1) is 5.56 Å². The van der Waals surface area contributed by atoms with Crippen molar-refractivity contribution in [3.05, 3.63) is 59.7 Å². The Morgan fingerprint density at radius 3 is 2.27 bits per heavy atom. The first-order valence-corrected chi connectivity index (χ1v) is 8.84. The summed E-state index contributed by atoms with van der Waals surface area (Å²) in [6.45, 7) is 4.01. The van der Waals surface area contributed by atoms with Crippen LogP contribution in [-0.4, -0.2) is 17.8 Å². The molecule has 1 nitrogen and oxygen atoms in total. The van der Waals surface area contributed by atoms with Crippen LogP contribution in [0.4, 0.5) is 8.78 Å². The Balaban J connectivity index is 0.000000224. The van der Waals surface area contributed by atoms with Crippen LogP contribution in [-0.2, 0) is 0 Å². The number of thioether (sulfide) groups is 2. The van der Waals surface area contributed by atoms with E-state index in [9.17, 15) is 13.6 Å². The molecule has 0 atom stereocenters. The van der Waals surface area contributed by atoms with E-state index in [0.717, 1.165) is 16.4 Å². The summed E-state index contributed by atoms with van der Waals surface area (Å²) in [6, 6.07) is 11.3. The van der Waals surface area contributed by atoms with E-state index >= 15 is 0 Å². The van der Waals surface area contributed by atoms with E-state index in [4.69, 9.17) is 0 Å². The average Bonchev–Trinajstić information content (AvgIpc) is 2.49. The lowest BCUT2D eigenvalue weighted by Gasteiger charge is -2.01. The average molecular weight is 340 g/mol. The van der Waals surface area contributed by atoms with Crippen molar-refractivity contribution < 1.29 is 13.6 Å². The Kier molecular flexibility index (Phi) is 8.85. The van der Waals surface area contributed by atoms with Crippen molar-refractivity contribution in [2.75, 3.05) is 11.5 Å². The van der Waals surface area contributed by atoms with E-state index in [2.05, 4.69) is 6.92 Å². The van der Waals surface area contributed by atoms with Gasteiger partial charge in [0.1, 0.15) is 11.6 Å². The molecular weight excluding hydrogens is 322 g/mol. The molecule has 0 N–H and O–H groups in total. The van der Waals surface area contributed by atoms with Gasteiger partial charge in [0.15, 0.2) is 6.29 Å². The molecule has 2 aromatic rings. The van der Waals surface area contributed by atoms with E-state index < -0.39 is 5.82 Å². The predicted molar refractivity (Wildman–Crippen MR) is 91.0 cm³/mol. The third kappa shape index (κ3) is 6.20. The molecule has 0 aliphatic rings. The first kappa shape index (κ1) is 18.7. The molecule has 0 amide bonds. The van der Waals surface area contributed by atoms with Gasteiger partial charge in [-0.1, -0.05) is 26.0 Å². The molecular formula is C17H18F2OS2. The maximum Gasteiger partial charge on any atom is 0.154 e. The molecule has 0 radical (unpaired) electrons. The van der Waals surface area contributed by atoms with Crippen LogP contribution in [0.25, 0.3) is 0 Å². The summed E-state index contributed by atoms with van der Waals surface area (Å²) in [5.74, 6) is 1.23. The van der Waals surface area contributed by atoms with Gasteiger partial charge in [0.25, 0.3) is 0 Å². The van der Waals surface area contributed by atoms with E-state index in [1.165, 1.54) is 23.9 Å². The van der Waals surface area contributed by atoms with Crippen LogP contribution in [0.5, 0.6) is 0 Å². The lowest BCUT2D eigenvalue weighted by molar-refractivity contribution is 0.111. The second-order valence-electron chi connectivity index (χ2n) is 4.09. The third-order valence-corrected chi connectivity index (χ3v) is 4.37. The molecule has 0 fully saturated rings. The van der Waals surface area contributed by atoms with Crippen LogP contribution in [0.15, 0.2) is 52.3 Å². The minimum Gasteiger partial charge on any atom is -0.298 e. The number of hydrogen-bond acceptors (Lipinski definition) is 3. The molecule has 0 spiro atoms. The number of hydrogen-bond donors (Lipinski definition) is 0. The van der Waals surface area contributed by atoms with Gasteiger partial charge in [-0.2, -0.15) is 0 Å². The summed E-state index contributed by atoms with van der Waals surface area (Å²) >= 11 is 3.12. The molecule has 0 heterocycles. The first-order chi connectivity index (χ1) is 10.6. The van der Waals surface area contributed by atoms with Crippen LogP contribution >= 0.6 is 23.5 Å². The topological polar surface area (TPSA) is 17.1 Å². The van der Waals surface area contributed by atoms with E-state index in [1.54, 1.807) is 36.0 Å². The highest BCUT2D eigenvalue weighted by Crippen LogP contribution is 2.22. The third-order valence-electron chi connectivity index (χ3n) is 2.54. The largest absolute Gasteiger partial charge is 0.298 e. The monoisotopic (exact) mass is 340 g/mol. The number of carbonyl (C=O) groups is 1. The summed E-state index contributed by atoms with van der Waals surface area (Å²) < 4.78 is 25.4. The van der Waals surface area contributed by atoms with Crippen LogP contribution < -0.4 is 0 Å². The van der Waals surface area contributed by atoms with Gasteiger partial charge < -0.3 is 0 Å². The van der Waals surface area contributed by atoms with E-state index in [1.807, 2.05) is 13.0 Å². The van der Waals surface area contributed by atoms with Gasteiger partial charge in [-0.05, 0) is 41.8 Å². The molecule has 118 valence electrons. The van der Waals surface area contributed by atoms with Crippen LogP contribution in [0.2, 0.25) is 0 Å². The maximum atomic E-state index is 12.9. The molecule has 2 aromatic carbocycles. The molecule has 0 aliphatic carbocycles. The highest BCUT2D eigenvalue weighted by Gasteiger charge is 2.05. The van der Waals surface area contributed by atoms with Gasteiger partial charge in [-0.3, -0.25) is 4.79 Å².